The summed E-state index contributed by atoms with van der Waals surface area (Å²) >= 11 is 1.13. The maximum atomic E-state index is 12.0. The summed E-state index contributed by atoms with van der Waals surface area (Å²) in [6.07, 6.45) is 1.45. The summed E-state index contributed by atoms with van der Waals surface area (Å²) in [5.41, 5.74) is 0.104. The van der Waals surface area contributed by atoms with Gasteiger partial charge in [-0.1, -0.05) is 20.8 Å². The van der Waals surface area contributed by atoms with Crippen molar-refractivity contribution in [3.05, 3.63) is 11.1 Å². The van der Waals surface area contributed by atoms with Crippen LogP contribution in [0, 0.1) is 5.92 Å². The molecule has 7 nitrogen and oxygen atoms in total. The van der Waals surface area contributed by atoms with E-state index >= 15 is 0 Å². The van der Waals surface area contributed by atoms with Crippen molar-refractivity contribution in [1.29, 1.82) is 0 Å². The normalized spacial score (nSPS) is 12.0. The molecule has 0 saturated heterocycles. The second-order valence-corrected chi connectivity index (χ2v) is 6.19. The number of nitrogens with zero attached hydrogens (tertiary/aromatic N) is 1. The summed E-state index contributed by atoms with van der Waals surface area (Å²) in [4.78, 5) is 38.6. The van der Waals surface area contributed by atoms with Gasteiger partial charge in [-0.15, -0.1) is 11.3 Å². The molecule has 3 N–H and O–H groups in total. The van der Waals surface area contributed by atoms with Crippen molar-refractivity contribution in [2.75, 3.05) is 5.32 Å². The van der Waals surface area contributed by atoms with E-state index in [1.165, 1.54) is 5.38 Å². The van der Waals surface area contributed by atoms with E-state index in [2.05, 4.69) is 15.6 Å². The van der Waals surface area contributed by atoms with Gasteiger partial charge in [-0.2, -0.15) is 0 Å². The lowest BCUT2D eigenvalue weighted by atomic mass is 10.0. The first-order chi connectivity index (χ1) is 10.3. The number of aromatic nitrogens is 1. The maximum absolute atomic E-state index is 12.0. The number of anilines is 1. The van der Waals surface area contributed by atoms with Gasteiger partial charge in [0.05, 0.1) is 0 Å². The largest absolute Gasteiger partial charge is 0.480 e. The van der Waals surface area contributed by atoms with E-state index in [4.69, 9.17) is 5.11 Å². The summed E-state index contributed by atoms with van der Waals surface area (Å²) in [5.74, 6) is -1.65. The Labute approximate surface area is 133 Å². The summed E-state index contributed by atoms with van der Waals surface area (Å²) < 4.78 is 0. The van der Waals surface area contributed by atoms with E-state index < -0.39 is 17.9 Å². The van der Waals surface area contributed by atoms with Gasteiger partial charge in [0.15, 0.2) is 5.13 Å². The highest BCUT2D eigenvalue weighted by Gasteiger charge is 2.23. The van der Waals surface area contributed by atoms with E-state index in [9.17, 15) is 14.4 Å². The molecule has 8 heteroatoms. The van der Waals surface area contributed by atoms with E-state index in [0.29, 0.717) is 18.0 Å². The predicted molar refractivity (Wildman–Crippen MR) is 84.0 cm³/mol. The minimum atomic E-state index is -1.08. The fraction of sp³-hybridized carbons (Fsp3) is 0.571. The highest BCUT2D eigenvalue weighted by atomic mass is 32.1. The number of carbonyl (C=O) groups is 3. The molecule has 0 spiro atoms. The summed E-state index contributed by atoms with van der Waals surface area (Å²) in [6, 6.07) is -0.952. The number of carboxylic acid groups (broad SMARTS) is 1. The molecule has 0 fully saturated rings. The van der Waals surface area contributed by atoms with Crippen molar-refractivity contribution in [2.24, 2.45) is 5.92 Å². The first kappa shape index (κ1) is 18.1. The Morgan fingerprint density at radius 1 is 1.36 bits per heavy atom. The highest BCUT2D eigenvalue weighted by molar-refractivity contribution is 7.14. The van der Waals surface area contributed by atoms with Gasteiger partial charge in [0.1, 0.15) is 11.7 Å². The molecule has 0 aliphatic carbocycles. The van der Waals surface area contributed by atoms with Gasteiger partial charge in [0.25, 0.3) is 5.91 Å². The van der Waals surface area contributed by atoms with E-state index in [-0.39, 0.29) is 17.5 Å². The first-order valence-corrected chi connectivity index (χ1v) is 8.00. The molecule has 0 radical (unpaired) electrons. The number of hydrogen-bond acceptors (Lipinski definition) is 5. The maximum Gasteiger partial charge on any atom is 0.326 e. The lowest BCUT2D eigenvalue weighted by Gasteiger charge is -2.15. The van der Waals surface area contributed by atoms with Crippen LogP contribution in [0.3, 0.4) is 0 Å². The Bertz CT molecular complexity index is 542. The Morgan fingerprint density at radius 2 is 2.05 bits per heavy atom. The van der Waals surface area contributed by atoms with Crippen LogP contribution in [0.4, 0.5) is 5.13 Å². The van der Waals surface area contributed by atoms with Crippen molar-refractivity contribution in [3.63, 3.8) is 0 Å². The topological polar surface area (TPSA) is 108 Å². The third-order valence-electron chi connectivity index (χ3n) is 2.77. The smallest absolute Gasteiger partial charge is 0.326 e. The molecule has 2 amide bonds. The van der Waals surface area contributed by atoms with Gasteiger partial charge in [0.2, 0.25) is 5.91 Å². The fourth-order valence-corrected chi connectivity index (χ4v) is 2.48. The zero-order chi connectivity index (χ0) is 16.7. The second-order valence-electron chi connectivity index (χ2n) is 5.33. The Balaban J connectivity index is 2.67. The molecule has 122 valence electrons. The zero-order valence-corrected chi connectivity index (χ0v) is 13.7. The van der Waals surface area contributed by atoms with Gasteiger partial charge in [-0.05, 0) is 18.8 Å². The second kappa shape index (κ2) is 8.47. The summed E-state index contributed by atoms with van der Waals surface area (Å²) in [7, 11) is 0. The third kappa shape index (κ3) is 5.80. The molecule has 1 rings (SSSR count). The molecule has 0 bridgehead atoms. The molecule has 0 aromatic carbocycles. The van der Waals surface area contributed by atoms with Crippen LogP contribution in [-0.4, -0.2) is 33.9 Å². The number of carboxylic acids is 1. The minimum absolute atomic E-state index is 0.104. The molecular formula is C14H21N3O4S. The van der Waals surface area contributed by atoms with Gasteiger partial charge >= 0.3 is 5.97 Å². The van der Waals surface area contributed by atoms with Crippen LogP contribution >= 0.6 is 11.3 Å². The van der Waals surface area contributed by atoms with Crippen molar-refractivity contribution < 1.29 is 19.5 Å². The van der Waals surface area contributed by atoms with Gasteiger partial charge in [0, 0.05) is 11.8 Å². The SMILES string of the molecule is CCCC(=O)Nc1nc(C(=O)NC(CC(C)C)C(=O)O)cs1. The Hall–Kier alpha value is -1.96. The molecule has 1 unspecified atom stereocenters. The van der Waals surface area contributed by atoms with Crippen LogP contribution in [0.5, 0.6) is 0 Å². The number of amides is 2. The molecular weight excluding hydrogens is 306 g/mol. The molecule has 1 heterocycles. The van der Waals surface area contributed by atoms with E-state index in [1.807, 2.05) is 20.8 Å². The zero-order valence-electron chi connectivity index (χ0n) is 12.9. The highest BCUT2D eigenvalue weighted by Crippen LogP contribution is 2.16. The lowest BCUT2D eigenvalue weighted by Crippen LogP contribution is -2.41. The Morgan fingerprint density at radius 3 is 2.59 bits per heavy atom. The Kier molecular flexibility index (Phi) is 6.97. The molecule has 1 aromatic heterocycles. The van der Waals surface area contributed by atoms with Crippen molar-refractivity contribution in [1.82, 2.24) is 10.3 Å². The van der Waals surface area contributed by atoms with Gasteiger partial charge in [-0.3, -0.25) is 9.59 Å². The van der Waals surface area contributed by atoms with Crippen LogP contribution in [0.2, 0.25) is 0 Å². The van der Waals surface area contributed by atoms with Crippen LogP contribution in [0.15, 0.2) is 5.38 Å². The van der Waals surface area contributed by atoms with E-state index in [1.54, 1.807) is 0 Å². The van der Waals surface area contributed by atoms with Crippen LogP contribution < -0.4 is 10.6 Å². The monoisotopic (exact) mass is 327 g/mol. The number of nitrogens with one attached hydrogen (secondary N) is 2. The van der Waals surface area contributed by atoms with Crippen molar-refractivity contribution >= 4 is 34.3 Å². The number of hydrogen-bond donors (Lipinski definition) is 3. The summed E-state index contributed by atoms with van der Waals surface area (Å²) in [5, 5.41) is 16.0. The predicted octanol–water partition coefficient (Wildman–Crippen LogP) is 2.11. The fourth-order valence-electron chi connectivity index (χ4n) is 1.77. The third-order valence-corrected chi connectivity index (χ3v) is 3.53. The number of thiazole rings is 1. The standard InChI is InChI=1S/C14H21N3O4S/c1-4-5-11(18)17-14-16-10(7-22-14)12(19)15-9(13(20)21)6-8(2)3/h7-9H,4-6H2,1-3H3,(H,15,19)(H,20,21)(H,16,17,18). The molecule has 1 aromatic rings. The van der Waals surface area contributed by atoms with Crippen LogP contribution in [-0.2, 0) is 9.59 Å². The summed E-state index contributed by atoms with van der Waals surface area (Å²) in [6.45, 7) is 5.65. The quantitative estimate of drug-likeness (QED) is 0.677. The minimum Gasteiger partial charge on any atom is -0.480 e. The van der Waals surface area contributed by atoms with Crippen LogP contribution in [0.25, 0.3) is 0 Å². The first-order valence-electron chi connectivity index (χ1n) is 7.12. The lowest BCUT2D eigenvalue weighted by molar-refractivity contribution is -0.139. The van der Waals surface area contributed by atoms with Crippen molar-refractivity contribution in [3.8, 4) is 0 Å². The van der Waals surface area contributed by atoms with Gasteiger partial charge < -0.3 is 15.7 Å². The van der Waals surface area contributed by atoms with Crippen molar-refractivity contribution in [2.45, 2.75) is 46.1 Å². The number of rotatable bonds is 8. The molecule has 0 aliphatic heterocycles. The number of carbonyl (C=O) groups excluding carboxylic acids is 2. The molecule has 0 aliphatic rings. The van der Waals surface area contributed by atoms with Gasteiger partial charge in [-0.25, -0.2) is 9.78 Å². The molecule has 1 atom stereocenters. The average Bonchev–Trinajstić information content (AvgIpc) is 2.86. The average molecular weight is 327 g/mol. The van der Waals surface area contributed by atoms with Crippen LogP contribution in [0.1, 0.15) is 50.5 Å². The molecule has 22 heavy (non-hydrogen) atoms. The molecule has 0 saturated carbocycles. The number of aliphatic carboxylic acids is 1. The van der Waals surface area contributed by atoms with E-state index in [0.717, 1.165) is 17.8 Å².